The maximum Gasteiger partial charge on any atom is 0.0635 e. The molecule has 1 aliphatic heterocycles. The van der Waals surface area contributed by atoms with Crippen LogP contribution in [0.2, 0.25) is 0 Å². The van der Waals surface area contributed by atoms with E-state index in [0.29, 0.717) is 18.9 Å². The van der Waals surface area contributed by atoms with Crippen LogP contribution in [0, 0.1) is 17.2 Å². The highest BCUT2D eigenvalue weighted by molar-refractivity contribution is 4.78. The third kappa shape index (κ3) is 2.49. The molecule has 62 valence electrons. The monoisotopic (exact) mass is 154 g/mol. The lowest BCUT2D eigenvalue weighted by Crippen LogP contribution is -2.22. The van der Waals surface area contributed by atoms with Crippen molar-refractivity contribution in [2.75, 3.05) is 26.2 Å². The van der Waals surface area contributed by atoms with Gasteiger partial charge in [-0.05, 0) is 18.9 Å². The molecule has 3 heteroatoms. The molecule has 0 aromatic rings. The molecule has 1 fully saturated rings. The molecule has 0 aliphatic carbocycles. The first-order valence-electron chi connectivity index (χ1n) is 4.07. The Kier molecular flexibility index (Phi) is 3.34. The van der Waals surface area contributed by atoms with Crippen molar-refractivity contribution in [3.63, 3.8) is 0 Å². The fourth-order valence-electron chi connectivity index (χ4n) is 1.47. The summed E-state index contributed by atoms with van der Waals surface area (Å²) in [6, 6.07) is 2.12. The predicted octanol–water partition coefficient (Wildman–Crippen LogP) is 0.214. The van der Waals surface area contributed by atoms with E-state index in [2.05, 4.69) is 11.0 Å². The number of likely N-dealkylation sites (tertiary alicyclic amines) is 1. The first-order chi connectivity index (χ1) is 5.36. The second-order valence-corrected chi connectivity index (χ2v) is 3.05. The van der Waals surface area contributed by atoms with Gasteiger partial charge in [-0.25, -0.2) is 0 Å². The van der Waals surface area contributed by atoms with Crippen molar-refractivity contribution in [1.29, 1.82) is 5.26 Å². The van der Waals surface area contributed by atoms with Gasteiger partial charge in [0.25, 0.3) is 0 Å². The van der Waals surface area contributed by atoms with Crippen LogP contribution < -0.4 is 0 Å². The Hall–Kier alpha value is -0.590. The van der Waals surface area contributed by atoms with E-state index in [1.807, 2.05) is 0 Å². The van der Waals surface area contributed by atoms with E-state index >= 15 is 0 Å². The molecule has 1 N–H and O–H groups in total. The molecule has 1 aliphatic rings. The van der Waals surface area contributed by atoms with Gasteiger partial charge < -0.3 is 10.0 Å². The van der Waals surface area contributed by atoms with Crippen molar-refractivity contribution in [2.24, 2.45) is 5.92 Å². The van der Waals surface area contributed by atoms with Gasteiger partial charge in [-0.15, -0.1) is 0 Å². The van der Waals surface area contributed by atoms with E-state index in [1.165, 1.54) is 0 Å². The second kappa shape index (κ2) is 4.32. The number of hydrogen-bond donors (Lipinski definition) is 1. The van der Waals surface area contributed by atoms with Gasteiger partial charge in [0, 0.05) is 26.1 Å². The highest BCUT2D eigenvalue weighted by Crippen LogP contribution is 2.14. The van der Waals surface area contributed by atoms with Crippen LogP contribution in [0.1, 0.15) is 12.8 Å². The van der Waals surface area contributed by atoms with E-state index < -0.39 is 0 Å². The van der Waals surface area contributed by atoms with Crippen molar-refractivity contribution in [3.8, 4) is 6.07 Å². The lowest BCUT2D eigenvalue weighted by molar-refractivity contribution is 0.222. The average molecular weight is 154 g/mol. The average Bonchev–Trinajstić information content (AvgIpc) is 2.48. The van der Waals surface area contributed by atoms with Gasteiger partial charge in [-0.2, -0.15) is 5.26 Å². The normalized spacial score (nSPS) is 25.3. The maximum atomic E-state index is 8.82. The Morgan fingerprint density at radius 1 is 1.64 bits per heavy atom. The smallest absolute Gasteiger partial charge is 0.0635 e. The molecule has 11 heavy (non-hydrogen) atoms. The van der Waals surface area contributed by atoms with Crippen LogP contribution in [0.5, 0.6) is 0 Å². The van der Waals surface area contributed by atoms with Gasteiger partial charge in [-0.1, -0.05) is 0 Å². The SMILES string of the molecule is N#CCCN1CC[C@@H](CO)C1. The molecular weight excluding hydrogens is 140 g/mol. The topological polar surface area (TPSA) is 47.3 Å². The fourth-order valence-corrected chi connectivity index (χ4v) is 1.47. The zero-order chi connectivity index (χ0) is 8.10. The van der Waals surface area contributed by atoms with Crippen LogP contribution in [0.25, 0.3) is 0 Å². The van der Waals surface area contributed by atoms with Crippen LogP contribution in [-0.4, -0.2) is 36.2 Å². The summed E-state index contributed by atoms with van der Waals surface area (Å²) in [6.45, 7) is 3.18. The molecule has 0 aromatic carbocycles. The number of aliphatic hydroxyl groups is 1. The minimum absolute atomic E-state index is 0.295. The van der Waals surface area contributed by atoms with E-state index in [-0.39, 0.29) is 0 Å². The van der Waals surface area contributed by atoms with Crippen molar-refractivity contribution >= 4 is 0 Å². The van der Waals surface area contributed by atoms with E-state index in [4.69, 9.17) is 10.4 Å². The van der Waals surface area contributed by atoms with Gasteiger partial charge in [0.1, 0.15) is 0 Å². The molecule has 0 unspecified atom stereocenters. The number of hydrogen-bond acceptors (Lipinski definition) is 3. The van der Waals surface area contributed by atoms with Crippen LogP contribution >= 0.6 is 0 Å². The van der Waals surface area contributed by atoms with Crippen LogP contribution in [0.3, 0.4) is 0 Å². The zero-order valence-corrected chi connectivity index (χ0v) is 6.66. The summed E-state index contributed by atoms with van der Waals surface area (Å²) in [5, 5.41) is 17.1. The fraction of sp³-hybridized carbons (Fsp3) is 0.875. The molecule has 0 radical (unpaired) electrons. The van der Waals surface area contributed by atoms with Gasteiger partial charge in [-0.3, -0.25) is 0 Å². The third-order valence-corrected chi connectivity index (χ3v) is 2.17. The molecule has 1 heterocycles. The highest BCUT2D eigenvalue weighted by Gasteiger charge is 2.20. The number of aliphatic hydroxyl groups excluding tert-OH is 1. The molecule has 1 rings (SSSR count). The van der Waals surface area contributed by atoms with Gasteiger partial charge in [0.05, 0.1) is 6.07 Å². The van der Waals surface area contributed by atoms with Gasteiger partial charge >= 0.3 is 0 Å². The summed E-state index contributed by atoms with van der Waals surface area (Å²) < 4.78 is 0. The highest BCUT2D eigenvalue weighted by atomic mass is 16.3. The van der Waals surface area contributed by atoms with Crippen LogP contribution in [0.15, 0.2) is 0 Å². The molecule has 3 nitrogen and oxygen atoms in total. The summed E-state index contributed by atoms with van der Waals surface area (Å²) in [4.78, 5) is 2.24. The number of nitriles is 1. The molecule has 0 spiro atoms. The standard InChI is InChI=1S/C8H14N2O/c9-3-1-4-10-5-2-8(6-10)7-11/h8,11H,1-2,4-7H2/t8-/m1/s1. The quantitative estimate of drug-likeness (QED) is 0.632. The molecule has 0 amide bonds. The van der Waals surface area contributed by atoms with E-state index in [9.17, 15) is 0 Å². The Labute approximate surface area is 67.2 Å². The Morgan fingerprint density at radius 3 is 3.00 bits per heavy atom. The Morgan fingerprint density at radius 2 is 2.45 bits per heavy atom. The lowest BCUT2D eigenvalue weighted by atomic mass is 10.1. The van der Waals surface area contributed by atoms with Crippen molar-refractivity contribution in [2.45, 2.75) is 12.8 Å². The molecular formula is C8H14N2O. The third-order valence-electron chi connectivity index (χ3n) is 2.17. The Balaban J connectivity index is 2.15. The molecule has 1 saturated heterocycles. The summed E-state index contributed by atoms with van der Waals surface area (Å²) in [5.41, 5.74) is 0. The minimum atomic E-state index is 0.295. The molecule has 0 aromatic heterocycles. The summed E-state index contributed by atoms with van der Waals surface area (Å²) in [6.07, 6.45) is 1.69. The van der Waals surface area contributed by atoms with Crippen LogP contribution in [-0.2, 0) is 0 Å². The largest absolute Gasteiger partial charge is 0.396 e. The summed E-state index contributed by atoms with van der Waals surface area (Å²) in [7, 11) is 0. The Bertz CT molecular complexity index is 153. The molecule has 0 bridgehead atoms. The van der Waals surface area contributed by atoms with Crippen molar-refractivity contribution in [3.05, 3.63) is 0 Å². The van der Waals surface area contributed by atoms with Gasteiger partial charge in [0.15, 0.2) is 0 Å². The molecule has 0 saturated carbocycles. The number of rotatable bonds is 3. The van der Waals surface area contributed by atoms with Crippen molar-refractivity contribution < 1.29 is 5.11 Å². The summed E-state index contributed by atoms with van der Waals surface area (Å²) in [5.74, 6) is 0.452. The predicted molar refractivity (Wildman–Crippen MR) is 41.9 cm³/mol. The first-order valence-corrected chi connectivity index (χ1v) is 4.07. The van der Waals surface area contributed by atoms with Crippen molar-refractivity contribution in [1.82, 2.24) is 4.90 Å². The number of nitrogens with zero attached hydrogens (tertiary/aromatic N) is 2. The minimum Gasteiger partial charge on any atom is -0.396 e. The zero-order valence-electron chi connectivity index (χ0n) is 6.66. The van der Waals surface area contributed by atoms with E-state index in [1.54, 1.807) is 0 Å². The first kappa shape index (κ1) is 8.51. The van der Waals surface area contributed by atoms with Gasteiger partial charge in [0.2, 0.25) is 0 Å². The van der Waals surface area contributed by atoms with Crippen LogP contribution in [0.4, 0.5) is 0 Å². The maximum absolute atomic E-state index is 8.82. The second-order valence-electron chi connectivity index (χ2n) is 3.05. The van der Waals surface area contributed by atoms with E-state index in [0.717, 1.165) is 26.1 Å². The lowest BCUT2D eigenvalue weighted by Gasteiger charge is -2.12. The summed E-state index contributed by atoms with van der Waals surface area (Å²) >= 11 is 0. The molecule has 1 atom stereocenters.